The molecule has 0 spiro atoms. The number of aryl methyl sites for hydroxylation is 1. The summed E-state index contributed by atoms with van der Waals surface area (Å²) in [6.45, 7) is 6.28. The van der Waals surface area contributed by atoms with Crippen molar-refractivity contribution in [2.75, 3.05) is 13.1 Å². The zero-order valence-corrected chi connectivity index (χ0v) is 16.4. The van der Waals surface area contributed by atoms with E-state index < -0.39 is 6.04 Å². The first-order chi connectivity index (χ1) is 14.1. The highest BCUT2D eigenvalue weighted by atomic mass is 16.2. The fourth-order valence-electron chi connectivity index (χ4n) is 4.85. The van der Waals surface area contributed by atoms with E-state index in [1.54, 1.807) is 11.0 Å². The molecule has 5 nitrogen and oxygen atoms in total. The lowest BCUT2D eigenvalue weighted by Gasteiger charge is -2.47. The van der Waals surface area contributed by atoms with E-state index in [1.807, 2.05) is 29.2 Å². The Morgan fingerprint density at radius 1 is 1.14 bits per heavy atom. The van der Waals surface area contributed by atoms with Crippen LogP contribution in [0.3, 0.4) is 0 Å². The Bertz CT molecular complexity index is 1150. The fourth-order valence-corrected chi connectivity index (χ4v) is 4.85. The summed E-state index contributed by atoms with van der Waals surface area (Å²) in [6, 6.07) is 15.5. The van der Waals surface area contributed by atoms with Gasteiger partial charge in [-0.25, -0.2) is 0 Å². The number of fused-ring (bicyclic) bond motifs is 4. The highest BCUT2D eigenvalue weighted by molar-refractivity contribution is 5.97. The molecule has 5 heteroatoms. The number of hydrogen-bond donors (Lipinski definition) is 1. The highest BCUT2D eigenvalue weighted by Crippen LogP contribution is 2.43. The van der Waals surface area contributed by atoms with E-state index in [2.05, 4.69) is 42.8 Å². The first kappa shape index (κ1) is 17.7. The van der Waals surface area contributed by atoms with E-state index in [1.165, 1.54) is 0 Å². The molecular weight excluding hydrogens is 362 g/mol. The third kappa shape index (κ3) is 2.61. The lowest BCUT2D eigenvalue weighted by Crippen LogP contribution is -2.63. The Morgan fingerprint density at radius 3 is 2.69 bits per heavy atom. The number of nitrogens with zero attached hydrogens (tertiary/aromatic N) is 2. The summed E-state index contributed by atoms with van der Waals surface area (Å²) in [7, 11) is 0. The summed E-state index contributed by atoms with van der Waals surface area (Å²) >= 11 is 0. The van der Waals surface area contributed by atoms with Crippen LogP contribution < -0.4 is 0 Å². The smallest absolute Gasteiger partial charge is 0.246 e. The summed E-state index contributed by atoms with van der Waals surface area (Å²) in [5.41, 5.74) is 5.37. The molecule has 29 heavy (non-hydrogen) atoms. The SMILES string of the molecule is C=CCN1CC(=O)N2[C@H](c3ccccc3C)c3[nH]c4ccccc4c3C[C@H]2C1=O. The number of piperazine rings is 1. The minimum Gasteiger partial charge on any atom is -0.356 e. The van der Waals surface area contributed by atoms with Crippen molar-refractivity contribution in [2.24, 2.45) is 0 Å². The Hall–Kier alpha value is -3.34. The minimum atomic E-state index is -0.493. The maximum absolute atomic E-state index is 13.3. The predicted octanol–water partition coefficient (Wildman–Crippen LogP) is 3.35. The Labute approximate surface area is 169 Å². The van der Waals surface area contributed by atoms with E-state index in [0.29, 0.717) is 13.0 Å². The summed E-state index contributed by atoms with van der Waals surface area (Å²) in [5, 5.41) is 1.13. The van der Waals surface area contributed by atoms with E-state index in [0.717, 1.165) is 33.3 Å². The van der Waals surface area contributed by atoms with Crippen molar-refractivity contribution in [3.8, 4) is 0 Å². The van der Waals surface area contributed by atoms with Gasteiger partial charge in [0.2, 0.25) is 11.8 Å². The molecule has 3 aromatic rings. The topological polar surface area (TPSA) is 56.4 Å². The number of H-pyrrole nitrogens is 1. The molecular formula is C24H23N3O2. The molecule has 146 valence electrons. The zero-order chi connectivity index (χ0) is 20.1. The van der Waals surface area contributed by atoms with Crippen LogP contribution in [0.1, 0.15) is 28.4 Å². The number of aromatic amines is 1. The predicted molar refractivity (Wildman–Crippen MR) is 112 cm³/mol. The van der Waals surface area contributed by atoms with Crippen molar-refractivity contribution >= 4 is 22.7 Å². The van der Waals surface area contributed by atoms with Gasteiger partial charge in [-0.15, -0.1) is 6.58 Å². The minimum absolute atomic E-state index is 0.000912. The van der Waals surface area contributed by atoms with Gasteiger partial charge in [0, 0.05) is 29.6 Å². The number of hydrogen-bond acceptors (Lipinski definition) is 2. The quantitative estimate of drug-likeness (QED) is 0.703. The van der Waals surface area contributed by atoms with Crippen LogP contribution in [-0.2, 0) is 16.0 Å². The third-order valence-corrected chi connectivity index (χ3v) is 6.17. The molecule has 5 rings (SSSR count). The van der Waals surface area contributed by atoms with Crippen molar-refractivity contribution in [1.82, 2.24) is 14.8 Å². The maximum Gasteiger partial charge on any atom is 0.246 e. The van der Waals surface area contributed by atoms with Crippen LogP contribution in [0.2, 0.25) is 0 Å². The second-order valence-electron chi connectivity index (χ2n) is 7.85. The molecule has 0 bridgehead atoms. The van der Waals surface area contributed by atoms with Crippen LogP contribution in [0.15, 0.2) is 61.2 Å². The molecule has 0 radical (unpaired) electrons. The van der Waals surface area contributed by atoms with Crippen molar-refractivity contribution in [2.45, 2.75) is 25.4 Å². The number of benzene rings is 2. The fraction of sp³-hybridized carbons (Fsp3) is 0.250. The van der Waals surface area contributed by atoms with Crippen LogP contribution >= 0.6 is 0 Å². The molecule has 0 saturated carbocycles. The normalized spacial score (nSPS) is 21.3. The number of rotatable bonds is 3. The van der Waals surface area contributed by atoms with Gasteiger partial charge in [0.25, 0.3) is 0 Å². The van der Waals surface area contributed by atoms with Crippen molar-refractivity contribution < 1.29 is 9.59 Å². The summed E-state index contributed by atoms with van der Waals surface area (Å²) in [6.07, 6.45) is 2.21. The lowest BCUT2D eigenvalue weighted by atomic mass is 9.85. The summed E-state index contributed by atoms with van der Waals surface area (Å²) in [4.78, 5) is 33.5. The molecule has 2 atom stereocenters. The van der Waals surface area contributed by atoms with E-state index in [-0.39, 0.29) is 24.4 Å². The molecule has 2 aromatic carbocycles. The summed E-state index contributed by atoms with van der Waals surface area (Å²) < 4.78 is 0. The van der Waals surface area contributed by atoms with Crippen LogP contribution in [0.4, 0.5) is 0 Å². The molecule has 3 heterocycles. The lowest BCUT2D eigenvalue weighted by molar-refractivity contribution is -0.158. The van der Waals surface area contributed by atoms with Gasteiger partial charge in [-0.3, -0.25) is 9.59 Å². The van der Waals surface area contributed by atoms with E-state index in [4.69, 9.17) is 0 Å². The highest BCUT2D eigenvalue weighted by Gasteiger charge is 2.48. The van der Waals surface area contributed by atoms with Gasteiger partial charge in [0.15, 0.2) is 0 Å². The molecule has 2 amide bonds. The number of carbonyl (C=O) groups is 2. The van der Waals surface area contributed by atoms with Crippen LogP contribution in [0, 0.1) is 6.92 Å². The largest absolute Gasteiger partial charge is 0.356 e. The van der Waals surface area contributed by atoms with Crippen molar-refractivity contribution in [1.29, 1.82) is 0 Å². The first-order valence-corrected chi connectivity index (χ1v) is 9.96. The second-order valence-corrected chi connectivity index (χ2v) is 7.85. The molecule has 2 aliphatic rings. The number of aromatic nitrogens is 1. The van der Waals surface area contributed by atoms with Gasteiger partial charge < -0.3 is 14.8 Å². The Kier molecular flexibility index (Phi) is 4.05. The van der Waals surface area contributed by atoms with Crippen molar-refractivity contribution in [3.05, 3.63) is 83.6 Å². The summed E-state index contributed by atoms with van der Waals surface area (Å²) in [5.74, 6) is -0.0203. The van der Waals surface area contributed by atoms with Crippen LogP contribution in [-0.4, -0.2) is 45.7 Å². The molecule has 1 saturated heterocycles. The average Bonchev–Trinajstić information content (AvgIpc) is 3.09. The molecule has 2 aliphatic heterocycles. The number of amides is 2. The molecule has 0 unspecified atom stereocenters. The third-order valence-electron chi connectivity index (χ3n) is 6.17. The second kappa shape index (κ2) is 6.62. The monoisotopic (exact) mass is 385 g/mol. The van der Waals surface area contributed by atoms with Gasteiger partial charge in [-0.1, -0.05) is 48.5 Å². The molecule has 1 aromatic heterocycles. The Morgan fingerprint density at radius 2 is 1.90 bits per heavy atom. The Balaban J connectivity index is 1.74. The van der Waals surface area contributed by atoms with Gasteiger partial charge >= 0.3 is 0 Å². The maximum atomic E-state index is 13.3. The zero-order valence-electron chi connectivity index (χ0n) is 16.4. The van der Waals surface area contributed by atoms with E-state index >= 15 is 0 Å². The number of nitrogens with one attached hydrogen (secondary N) is 1. The number of carbonyl (C=O) groups excluding carboxylic acids is 2. The molecule has 1 N–H and O–H groups in total. The standard InChI is InChI=1S/C24H23N3O2/c1-3-12-26-14-21(28)27-20(24(26)29)13-18-17-10-6-7-11-19(17)25-22(18)23(27)16-9-5-4-8-15(16)2/h3-11,20,23,25H,1,12-14H2,2H3/t20-,23+/m0/s1. The molecule has 1 fully saturated rings. The van der Waals surface area contributed by atoms with Gasteiger partial charge in [-0.05, 0) is 29.7 Å². The van der Waals surface area contributed by atoms with Crippen LogP contribution in [0.5, 0.6) is 0 Å². The van der Waals surface area contributed by atoms with Crippen LogP contribution in [0.25, 0.3) is 10.9 Å². The van der Waals surface area contributed by atoms with Gasteiger partial charge in [-0.2, -0.15) is 0 Å². The van der Waals surface area contributed by atoms with Gasteiger partial charge in [0.05, 0.1) is 6.04 Å². The first-order valence-electron chi connectivity index (χ1n) is 9.96. The average molecular weight is 385 g/mol. The van der Waals surface area contributed by atoms with Crippen molar-refractivity contribution in [3.63, 3.8) is 0 Å². The van der Waals surface area contributed by atoms with E-state index in [9.17, 15) is 9.59 Å². The molecule has 0 aliphatic carbocycles. The van der Waals surface area contributed by atoms with Gasteiger partial charge in [0.1, 0.15) is 12.6 Å². The number of para-hydroxylation sites is 1.